The van der Waals surface area contributed by atoms with E-state index in [1.54, 1.807) is 23.5 Å². The molecule has 2 aliphatic heterocycles. The van der Waals surface area contributed by atoms with Crippen molar-refractivity contribution in [3.05, 3.63) is 89.9 Å². The standard InChI is InChI=1S/C28H30F2N4O2/c1-18-14-34(15-19(2)28(18,36)20-6-4-3-5-7-20)27(35)24-17-33(26-13-31-10-11-32-26)16-23(24)22-9-8-21(29)12-25(22)30/h3-13,18-19,23-24,36H,14-17H2,1-2H3/t18-,19+,23-,24+,28?/m1/s1. The van der Waals surface area contributed by atoms with Crippen molar-refractivity contribution in [3.63, 3.8) is 0 Å². The van der Waals surface area contributed by atoms with Crippen LogP contribution < -0.4 is 4.90 Å². The second-order valence-electron chi connectivity index (χ2n) is 10.1. The van der Waals surface area contributed by atoms with Gasteiger partial charge in [0.05, 0.1) is 17.7 Å². The van der Waals surface area contributed by atoms with E-state index < -0.39 is 29.1 Å². The van der Waals surface area contributed by atoms with Crippen molar-refractivity contribution >= 4 is 11.7 Å². The lowest BCUT2D eigenvalue weighted by atomic mass is 9.70. The topological polar surface area (TPSA) is 69.6 Å². The first-order chi connectivity index (χ1) is 17.3. The number of piperidine rings is 1. The molecule has 5 atom stereocenters. The number of amides is 1. The van der Waals surface area contributed by atoms with Gasteiger partial charge in [-0.05, 0) is 17.2 Å². The molecule has 5 rings (SSSR count). The van der Waals surface area contributed by atoms with E-state index in [-0.39, 0.29) is 17.7 Å². The molecule has 2 aromatic carbocycles. The molecule has 0 bridgehead atoms. The Labute approximate surface area is 209 Å². The number of anilines is 1. The van der Waals surface area contributed by atoms with Crippen molar-refractivity contribution < 1.29 is 18.7 Å². The van der Waals surface area contributed by atoms with Crippen LogP contribution in [0.4, 0.5) is 14.6 Å². The van der Waals surface area contributed by atoms with Gasteiger partial charge in [0, 0.05) is 62.4 Å². The van der Waals surface area contributed by atoms with Gasteiger partial charge in [-0.1, -0.05) is 50.2 Å². The minimum atomic E-state index is -1.05. The van der Waals surface area contributed by atoms with Gasteiger partial charge < -0.3 is 14.9 Å². The normalized spacial score (nSPS) is 28.4. The molecule has 0 spiro atoms. The highest BCUT2D eigenvalue weighted by Gasteiger charge is 2.49. The fourth-order valence-electron chi connectivity index (χ4n) is 6.00. The number of halogens is 2. The van der Waals surface area contributed by atoms with Crippen molar-refractivity contribution in [3.8, 4) is 0 Å². The summed E-state index contributed by atoms with van der Waals surface area (Å²) in [7, 11) is 0. The molecule has 2 fully saturated rings. The number of carbonyl (C=O) groups excluding carboxylic acids is 1. The van der Waals surface area contributed by atoms with Crippen molar-refractivity contribution in [2.24, 2.45) is 17.8 Å². The van der Waals surface area contributed by atoms with E-state index in [1.807, 2.05) is 49.1 Å². The number of rotatable bonds is 4. The molecule has 1 N–H and O–H groups in total. The number of likely N-dealkylation sites (tertiary alicyclic amines) is 1. The van der Waals surface area contributed by atoms with Gasteiger partial charge in [0.15, 0.2) is 0 Å². The number of nitrogens with zero attached hydrogens (tertiary/aromatic N) is 4. The van der Waals surface area contributed by atoms with E-state index in [2.05, 4.69) is 9.97 Å². The zero-order chi connectivity index (χ0) is 25.4. The third kappa shape index (κ3) is 4.23. The maximum Gasteiger partial charge on any atom is 0.228 e. The van der Waals surface area contributed by atoms with Crippen molar-refractivity contribution in [2.75, 3.05) is 31.1 Å². The van der Waals surface area contributed by atoms with Crippen LogP contribution in [0.15, 0.2) is 67.1 Å². The Morgan fingerprint density at radius 2 is 1.72 bits per heavy atom. The number of benzene rings is 2. The zero-order valence-electron chi connectivity index (χ0n) is 20.4. The summed E-state index contributed by atoms with van der Waals surface area (Å²) in [6.45, 7) is 5.40. The minimum absolute atomic E-state index is 0.0936. The molecule has 1 aromatic heterocycles. The van der Waals surface area contributed by atoms with Gasteiger partial charge in [-0.25, -0.2) is 13.8 Å². The number of hydrogen-bond acceptors (Lipinski definition) is 5. The third-order valence-corrected chi connectivity index (χ3v) is 7.91. The molecule has 0 aliphatic carbocycles. The Hall–Kier alpha value is -3.39. The van der Waals surface area contributed by atoms with E-state index in [0.717, 1.165) is 11.6 Å². The van der Waals surface area contributed by atoms with E-state index in [4.69, 9.17) is 0 Å². The van der Waals surface area contributed by atoms with Gasteiger partial charge >= 0.3 is 0 Å². The first-order valence-electron chi connectivity index (χ1n) is 12.3. The van der Waals surface area contributed by atoms with E-state index in [0.29, 0.717) is 37.6 Å². The summed E-state index contributed by atoms with van der Waals surface area (Å²) in [4.78, 5) is 26.2. The lowest BCUT2D eigenvalue weighted by Crippen LogP contribution is -2.57. The molecule has 0 radical (unpaired) electrons. The lowest BCUT2D eigenvalue weighted by molar-refractivity contribution is -0.152. The van der Waals surface area contributed by atoms with Crippen LogP contribution in [0.3, 0.4) is 0 Å². The first-order valence-corrected chi connectivity index (χ1v) is 12.3. The number of aliphatic hydroxyl groups is 1. The SMILES string of the molecule is C[C@@H]1CN(C(=O)[C@H]2CN(c3cnccn3)C[C@@H]2c2ccc(F)cc2F)C[C@H](C)C1(O)c1ccccc1. The molecular weight excluding hydrogens is 462 g/mol. The summed E-state index contributed by atoms with van der Waals surface area (Å²) in [5.41, 5.74) is 0.111. The third-order valence-electron chi connectivity index (χ3n) is 7.91. The van der Waals surface area contributed by atoms with Crippen LogP contribution in [0.1, 0.15) is 30.9 Å². The minimum Gasteiger partial charge on any atom is -0.384 e. The quantitative estimate of drug-likeness (QED) is 0.597. The smallest absolute Gasteiger partial charge is 0.228 e. The Kier molecular flexibility index (Phi) is 6.47. The van der Waals surface area contributed by atoms with Gasteiger partial charge in [-0.3, -0.25) is 9.78 Å². The molecule has 2 saturated heterocycles. The fourth-order valence-corrected chi connectivity index (χ4v) is 6.00. The predicted octanol–water partition coefficient (Wildman–Crippen LogP) is 3.98. The Bertz CT molecular complexity index is 1210. The predicted molar refractivity (Wildman–Crippen MR) is 132 cm³/mol. The van der Waals surface area contributed by atoms with Crippen molar-refractivity contribution in [1.29, 1.82) is 0 Å². The van der Waals surface area contributed by atoms with Gasteiger partial charge in [-0.15, -0.1) is 0 Å². The molecule has 188 valence electrons. The van der Waals surface area contributed by atoms with Crippen LogP contribution in [0.2, 0.25) is 0 Å². The molecular formula is C28H30F2N4O2. The number of carbonyl (C=O) groups is 1. The van der Waals surface area contributed by atoms with E-state index in [9.17, 15) is 18.7 Å². The van der Waals surface area contributed by atoms with Crippen molar-refractivity contribution in [1.82, 2.24) is 14.9 Å². The summed E-state index contributed by atoms with van der Waals surface area (Å²) in [6.07, 6.45) is 4.77. The maximum absolute atomic E-state index is 14.9. The Balaban J connectivity index is 1.43. The fraction of sp³-hybridized carbons (Fsp3) is 0.393. The largest absolute Gasteiger partial charge is 0.384 e. The summed E-state index contributed by atoms with van der Waals surface area (Å²) in [5, 5.41) is 11.7. The van der Waals surface area contributed by atoms with E-state index >= 15 is 0 Å². The van der Waals surface area contributed by atoms with Gasteiger partial charge in [0.2, 0.25) is 5.91 Å². The highest BCUT2D eigenvalue weighted by atomic mass is 19.1. The lowest BCUT2D eigenvalue weighted by Gasteiger charge is -2.48. The highest BCUT2D eigenvalue weighted by Crippen LogP contribution is 2.43. The first kappa shape index (κ1) is 24.3. The maximum atomic E-state index is 14.9. The van der Waals surface area contributed by atoms with Crippen LogP contribution in [0, 0.1) is 29.4 Å². The summed E-state index contributed by atoms with van der Waals surface area (Å²) < 4.78 is 28.5. The van der Waals surface area contributed by atoms with Crippen LogP contribution in [0.25, 0.3) is 0 Å². The summed E-state index contributed by atoms with van der Waals surface area (Å²) in [5.74, 6) is -2.21. The van der Waals surface area contributed by atoms with Gasteiger partial charge in [-0.2, -0.15) is 0 Å². The summed E-state index contributed by atoms with van der Waals surface area (Å²) >= 11 is 0. The Morgan fingerprint density at radius 3 is 2.36 bits per heavy atom. The van der Waals surface area contributed by atoms with Gasteiger partial charge in [0.25, 0.3) is 0 Å². The second-order valence-corrected chi connectivity index (χ2v) is 10.1. The van der Waals surface area contributed by atoms with Crippen LogP contribution >= 0.6 is 0 Å². The highest BCUT2D eigenvalue weighted by molar-refractivity contribution is 5.82. The van der Waals surface area contributed by atoms with Gasteiger partial charge in [0.1, 0.15) is 17.5 Å². The molecule has 3 heterocycles. The number of aromatic nitrogens is 2. The zero-order valence-corrected chi connectivity index (χ0v) is 20.4. The van der Waals surface area contributed by atoms with Crippen molar-refractivity contribution in [2.45, 2.75) is 25.4 Å². The van der Waals surface area contributed by atoms with Crippen LogP contribution in [-0.4, -0.2) is 52.1 Å². The monoisotopic (exact) mass is 492 g/mol. The summed E-state index contributed by atoms with van der Waals surface area (Å²) in [6, 6.07) is 13.1. The number of hydrogen-bond donors (Lipinski definition) is 1. The molecule has 1 unspecified atom stereocenters. The van der Waals surface area contributed by atoms with Crippen LogP contribution in [0.5, 0.6) is 0 Å². The second kappa shape index (κ2) is 9.58. The average molecular weight is 493 g/mol. The van der Waals surface area contributed by atoms with Crippen LogP contribution in [-0.2, 0) is 10.4 Å². The Morgan fingerprint density at radius 1 is 1.00 bits per heavy atom. The molecule has 6 nitrogen and oxygen atoms in total. The molecule has 3 aromatic rings. The molecule has 8 heteroatoms. The molecule has 0 saturated carbocycles. The molecule has 1 amide bonds. The van der Waals surface area contributed by atoms with E-state index in [1.165, 1.54) is 12.1 Å². The average Bonchev–Trinajstić information content (AvgIpc) is 3.32. The molecule has 2 aliphatic rings. The molecule has 36 heavy (non-hydrogen) atoms.